The number of aliphatic hydroxyl groups is 8. The van der Waals surface area contributed by atoms with Gasteiger partial charge in [-0.25, -0.2) is 0 Å². The topological polar surface area (TPSA) is 467 Å². The highest BCUT2D eigenvalue weighted by atomic mass is 31.2. The highest BCUT2D eigenvalue weighted by molar-refractivity contribution is 7.45. The van der Waals surface area contributed by atoms with Crippen LogP contribution in [-0.2, 0) is 70.3 Å². The van der Waals surface area contributed by atoms with Crippen molar-refractivity contribution in [3.05, 3.63) is 0 Å². The second kappa shape index (κ2) is 55.9. The predicted molar refractivity (Wildman–Crippen MR) is 382 cm³/mol. The van der Waals surface area contributed by atoms with Gasteiger partial charge in [0.25, 0.3) is 7.82 Å². The Balaban J connectivity index is 2.10. The lowest BCUT2D eigenvalue weighted by molar-refractivity contribution is -0.357. The number of aliphatic hydroxyl groups excluding tert-OH is 8. The molecule has 612 valence electrons. The lowest BCUT2D eigenvalue weighted by atomic mass is 9.95. The van der Waals surface area contributed by atoms with E-state index in [-0.39, 0.29) is 25.7 Å². The minimum atomic E-state index is -6.12. The van der Waals surface area contributed by atoms with Crippen LogP contribution in [-0.4, -0.2) is 195 Å². The smallest absolute Gasteiger partial charge is 0.308 e. The molecule has 1 unspecified atom stereocenters. The van der Waals surface area contributed by atoms with Crippen LogP contribution in [0.15, 0.2) is 0 Å². The minimum Gasteiger partial charge on any atom is -0.790 e. The summed E-state index contributed by atoms with van der Waals surface area (Å²) in [5.41, 5.74) is 5.82. The number of phosphoric ester groups is 2. The summed E-state index contributed by atoms with van der Waals surface area (Å²) >= 11 is 0. The van der Waals surface area contributed by atoms with Crippen molar-refractivity contribution in [3.8, 4) is 0 Å². The van der Waals surface area contributed by atoms with E-state index >= 15 is 0 Å². The lowest BCUT2D eigenvalue weighted by Gasteiger charge is -2.49. The third-order valence-corrected chi connectivity index (χ3v) is 21.0. The van der Waals surface area contributed by atoms with E-state index in [4.69, 9.17) is 47.7 Å². The van der Waals surface area contributed by atoms with E-state index in [0.717, 1.165) is 205 Å². The normalized spacial score (nSPS) is 26.3. The summed E-state index contributed by atoms with van der Waals surface area (Å²) < 4.78 is 77.5. The first kappa shape index (κ1) is 95.8. The Morgan fingerprint density at radius 3 is 1.15 bits per heavy atom. The Morgan fingerprint density at radius 1 is 0.442 bits per heavy atom. The molecular weight excluding hydrogens is 1400 g/mol. The zero-order valence-corrected chi connectivity index (χ0v) is 64.8. The number of phosphoric acid groups is 2. The molecule has 0 saturated carbocycles. The van der Waals surface area contributed by atoms with E-state index in [9.17, 15) is 83.8 Å². The summed E-state index contributed by atoms with van der Waals surface area (Å²) in [6.07, 6.45) is 4.77. The molecule has 3 saturated heterocycles. The molecule has 0 radical (unpaired) electrons. The van der Waals surface area contributed by atoms with Crippen LogP contribution < -0.4 is 31.0 Å². The monoisotopic (exact) mass is 1530 g/mol. The fraction of sp³-hybridized carbons (Fsp3) is 0.945. The number of amides is 2. The van der Waals surface area contributed by atoms with E-state index in [1.165, 1.54) is 0 Å². The summed E-state index contributed by atoms with van der Waals surface area (Å²) in [5, 5.41) is 94.3. The zero-order valence-electron chi connectivity index (χ0n) is 63.0. The van der Waals surface area contributed by atoms with Crippen LogP contribution in [0.1, 0.15) is 310 Å². The van der Waals surface area contributed by atoms with Crippen molar-refractivity contribution < 1.29 is 126 Å². The first-order chi connectivity index (χ1) is 49.8. The van der Waals surface area contributed by atoms with E-state index < -0.39 is 195 Å². The van der Waals surface area contributed by atoms with Crippen LogP contribution in [0.25, 0.3) is 0 Å². The Labute approximate surface area is 619 Å². The predicted octanol–water partition coefficient (Wildman–Crippen LogP) is 7.41. The van der Waals surface area contributed by atoms with Crippen LogP contribution in [0.3, 0.4) is 0 Å². The molecule has 104 heavy (non-hydrogen) atoms. The molecule has 3 aliphatic rings. The van der Waals surface area contributed by atoms with Gasteiger partial charge in [0.05, 0.1) is 83.8 Å². The Kier molecular flexibility index (Phi) is 51.5. The van der Waals surface area contributed by atoms with E-state index in [0.29, 0.717) is 25.7 Å². The summed E-state index contributed by atoms with van der Waals surface area (Å²) in [6, 6.07) is -5.21. The van der Waals surface area contributed by atoms with Crippen molar-refractivity contribution in [2.45, 2.75) is 420 Å². The molecule has 0 aromatic rings. The molecule has 2 amide bonds. The molecule has 0 spiro atoms. The van der Waals surface area contributed by atoms with Crippen LogP contribution >= 0.6 is 15.6 Å². The Morgan fingerprint density at radius 2 is 0.779 bits per heavy atom. The Hall–Kier alpha value is -2.42. The number of carbonyl (C=O) groups is 4. The molecule has 3 heterocycles. The maximum Gasteiger partial charge on any atom is 0.308 e. The SMILES string of the molecule is CCCCCCCCCCC[C@@H](O)CC(=O)N[C@H]1[C@H](OC[C@H]2O[C@H](OP(=O)([O-])O[C@H]3OC[C@H](N)[C@H](O)[C@H]3O)[C@H](NC(=O)C[C@H](O)CCCCCCCCCCC)[C@@H](OC(=O)C[C@H](O)CCCCCCCCCCC)[C@@H]2O)O[C@H](CO)[C@@H](OP(=O)([O-])[O-])[C@@H]1OC(=O)C[C@H](O)CCCCCCCCCCC. The van der Waals surface area contributed by atoms with Crippen molar-refractivity contribution in [2.24, 2.45) is 5.73 Å². The number of hydrogen-bond acceptors (Lipinski definition) is 27. The number of hydrogen-bond donors (Lipinski definition) is 11. The second-order valence-electron chi connectivity index (χ2n) is 29.1. The van der Waals surface area contributed by atoms with Crippen molar-refractivity contribution >= 4 is 39.4 Å². The molecule has 0 aromatic heterocycles. The van der Waals surface area contributed by atoms with Gasteiger partial charge in [-0.15, -0.1) is 0 Å². The molecule has 3 fully saturated rings. The fourth-order valence-corrected chi connectivity index (χ4v) is 14.9. The average Bonchev–Trinajstić information content (AvgIpc) is 0.781. The molecular formula is C73H136N3O26P2-3. The van der Waals surface area contributed by atoms with Gasteiger partial charge in [0.15, 0.2) is 31.1 Å². The second-order valence-corrected chi connectivity index (χ2v) is 31.5. The van der Waals surface area contributed by atoms with Crippen LogP contribution in [0, 0.1) is 0 Å². The largest absolute Gasteiger partial charge is 0.790 e. The standard InChI is InChI=1S/C73H139N3O26P2/c1-5-9-13-17-21-25-29-33-37-41-52(78)45-59(82)75-63-69(98-61(84)47-54(80)43-39-35-31-27-23-19-15-11-7-3)66(87)58(97-72(63)101-104(92,93)102-73-67(88)65(86)56(74)50-94-73)51-95-71-64(76-60(83)46-53(79)42-38-34-30-26-22-18-14-10-6-2)70(68(57(49-77)96-71)100-103(89,90)91)99-62(85)48-55(81)44-40-36-32-28-24-20-16-12-8-4/h52-58,63-73,77-81,86-88H,5-51,74H2,1-4H3,(H,75,82)(H,76,83)(H,92,93)(H2,89,90,91)/p-3/t52-,53-,54-,55-,56+,57-,58-,63-,64-,65+,66-,67-,68-,69-,70-,71-,72-,73-/m1/s1. The van der Waals surface area contributed by atoms with Gasteiger partial charge in [0.1, 0.15) is 48.7 Å². The summed E-state index contributed by atoms with van der Waals surface area (Å²) in [6.45, 7) is 5.78. The Bertz CT molecular complexity index is 2360. The molecule has 12 N–H and O–H groups in total. The van der Waals surface area contributed by atoms with Gasteiger partial charge in [-0.2, -0.15) is 0 Å². The number of nitrogens with two attached hydrogens (primary N) is 1. The van der Waals surface area contributed by atoms with Gasteiger partial charge in [-0.1, -0.05) is 259 Å². The first-order valence-electron chi connectivity index (χ1n) is 39.8. The molecule has 31 heteroatoms. The third-order valence-electron chi connectivity index (χ3n) is 19.6. The third kappa shape index (κ3) is 41.6. The minimum absolute atomic E-state index is 0.148. The number of esters is 2. The maximum absolute atomic E-state index is 14.2. The van der Waals surface area contributed by atoms with Crippen LogP contribution in [0.5, 0.6) is 0 Å². The van der Waals surface area contributed by atoms with Gasteiger partial charge >= 0.3 is 11.9 Å². The van der Waals surface area contributed by atoms with Crippen molar-refractivity contribution in [1.29, 1.82) is 0 Å². The number of ether oxygens (including phenoxy) is 6. The number of unbranched alkanes of at least 4 members (excludes halogenated alkanes) is 32. The van der Waals surface area contributed by atoms with Crippen LogP contribution in [0.4, 0.5) is 0 Å². The van der Waals surface area contributed by atoms with Crippen molar-refractivity contribution in [3.63, 3.8) is 0 Å². The number of nitrogens with one attached hydrogen (secondary N) is 2. The molecule has 29 nitrogen and oxygen atoms in total. The summed E-state index contributed by atoms with van der Waals surface area (Å²) in [5.74, 6) is -4.30. The molecule has 0 aliphatic carbocycles. The van der Waals surface area contributed by atoms with Crippen molar-refractivity contribution in [2.75, 3.05) is 19.8 Å². The average molecular weight is 1530 g/mol. The fourth-order valence-electron chi connectivity index (χ4n) is 13.5. The maximum atomic E-state index is 14.2. The highest BCUT2D eigenvalue weighted by Gasteiger charge is 2.54. The van der Waals surface area contributed by atoms with Gasteiger partial charge < -0.3 is 109 Å². The quantitative estimate of drug-likeness (QED) is 0.0160. The van der Waals surface area contributed by atoms with E-state index in [1.807, 2.05) is 0 Å². The van der Waals surface area contributed by atoms with Crippen LogP contribution in [0.2, 0.25) is 0 Å². The van der Waals surface area contributed by atoms with Gasteiger partial charge in [0, 0.05) is 0 Å². The van der Waals surface area contributed by atoms with Crippen molar-refractivity contribution in [1.82, 2.24) is 10.6 Å². The zero-order chi connectivity index (χ0) is 76.7. The number of rotatable bonds is 62. The summed E-state index contributed by atoms with van der Waals surface area (Å²) in [4.78, 5) is 95.7. The van der Waals surface area contributed by atoms with E-state index in [1.54, 1.807) is 0 Å². The molecule has 0 aromatic carbocycles. The number of carbonyl (C=O) groups excluding carboxylic acids is 4. The summed E-state index contributed by atoms with van der Waals surface area (Å²) in [7, 11) is -12.1. The van der Waals surface area contributed by atoms with Gasteiger partial charge in [-0.3, -0.25) is 32.8 Å². The molecule has 3 aliphatic heterocycles. The van der Waals surface area contributed by atoms with E-state index in [2.05, 4.69) is 38.3 Å². The molecule has 3 rings (SSSR count). The van der Waals surface area contributed by atoms with Gasteiger partial charge in [0.2, 0.25) is 11.8 Å². The highest BCUT2D eigenvalue weighted by Crippen LogP contribution is 2.46. The molecule has 0 bridgehead atoms. The van der Waals surface area contributed by atoms with Gasteiger partial charge in [-0.05, 0) is 25.7 Å². The molecule has 19 atom stereocenters. The first-order valence-corrected chi connectivity index (χ1v) is 42.7. The lowest BCUT2D eigenvalue weighted by Crippen LogP contribution is -2.68.